The van der Waals surface area contributed by atoms with Crippen LogP contribution in [-0.4, -0.2) is 43.8 Å². The zero-order valence-corrected chi connectivity index (χ0v) is 28.7. The van der Waals surface area contributed by atoms with Gasteiger partial charge in [-0.15, -0.1) is 0 Å². The summed E-state index contributed by atoms with van der Waals surface area (Å²) in [5, 5.41) is 3.60. The van der Waals surface area contributed by atoms with Crippen molar-refractivity contribution < 1.29 is 18.0 Å². The van der Waals surface area contributed by atoms with E-state index in [2.05, 4.69) is 5.32 Å². The predicted molar refractivity (Wildman–Crippen MR) is 188 cm³/mol. The minimum Gasteiger partial charge on any atom is -0.352 e. The molecule has 5 rings (SSSR count). The number of amides is 2. The Kier molecular flexibility index (Phi) is 11.0. The highest BCUT2D eigenvalue weighted by atomic mass is 35.5. The topological polar surface area (TPSA) is 86.8 Å². The number of hydrogen-bond donors (Lipinski definition) is 1. The summed E-state index contributed by atoms with van der Waals surface area (Å²) in [6.45, 7) is 5.19. The molecule has 2 amide bonds. The van der Waals surface area contributed by atoms with Crippen LogP contribution in [0.5, 0.6) is 0 Å². The quantitative estimate of drug-likeness (QED) is 0.173. The number of halogens is 1. The van der Waals surface area contributed by atoms with Crippen LogP contribution in [-0.2, 0) is 32.6 Å². The molecule has 1 fully saturated rings. The summed E-state index contributed by atoms with van der Waals surface area (Å²) in [6, 6.07) is 28.1. The van der Waals surface area contributed by atoms with E-state index in [1.807, 2.05) is 68.4 Å². The van der Waals surface area contributed by atoms with Crippen LogP contribution in [0, 0.1) is 20.8 Å². The molecule has 1 saturated carbocycles. The van der Waals surface area contributed by atoms with Gasteiger partial charge in [-0.05, 0) is 80.1 Å². The van der Waals surface area contributed by atoms with E-state index in [0.29, 0.717) is 16.3 Å². The molecular weight excluding hydrogens is 630 g/mol. The summed E-state index contributed by atoms with van der Waals surface area (Å²) in [7, 11) is -4.22. The Bertz CT molecular complexity index is 1810. The fourth-order valence-corrected chi connectivity index (χ4v) is 7.75. The van der Waals surface area contributed by atoms with E-state index in [1.54, 1.807) is 54.3 Å². The number of carbonyl (C=O) groups is 2. The van der Waals surface area contributed by atoms with E-state index in [4.69, 9.17) is 11.6 Å². The minimum absolute atomic E-state index is 0.0451. The van der Waals surface area contributed by atoms with Gasteiger partial charge in [0, 0.05) is 24.0 Å². The van der Waals surface area contributed by atoms with Crippen molar-refractivity contribution >= 4 is 39.1 Å². The maximum atomic E-state index is 14.8. The van der Waals surface area contributed by atoms with Crippen LogP contribution in [0.2, 0.25) is 5.02 Å². The third-order valence-corrected chi connectivity index (χ3v) is 11.2. The third-order valence-electron chi connectivity index (χ3n) is 8.97. The molecule has 0 bridgehead atoms. The number of nitrogens with one attached hydrogen (secondary N) is 1. The Morgan fingerprint density at radius 2 is 1.51 bits per heavy atom. The molecule has 4 aromatic rings. The number of nitrogens with zero attached hydrogens (tertiary/aromatic N) is 2. The Labute approximate surface area is 283 Å². The summed E-state index contributed by atoms with van der Waals surface area (Å²) in [4.78, 5) is 30.5. The number of anilines is 1. The monoisotopic (exact) mass is 671 g/mol. The van der Waals surface area contributed by atoms with Crippen LogP contribution in [0.15, 0.2) is 102 Å². The maximum absolute atomic E-state index is 14.8. The normalized spacial score (nSPS) is 14.0. The van der Waals surface area contributed by atoms with E-state index in [9.17, 15) is 18.0 Å². The molecule has 1 N–H and O–H groups in total. The lowest BCUT2D eigenvalue weighted by Gasteiger charge is -2.35. The van der Waals surface area contributed by atoms with Crippen LogP contribution < -0.4 is 9.62 Å². The van der Waals surface area contributed by atoms with Gasteiger partial charge < -0.3 is 10.2 Å². The van der Waals surface area contributed by atoms with Gasteiger partial charge in [0.15, 0.2) is 0 Å². The van der Waals surface area contributed by atoms with E-state index >= 15 is 0 Å². The molecule has 7 nitrogen and oxygen atoms in total. The average molecular weight is 672 g/mol. The van der Waals surface area contributed by atoms with Crippen LogP contribution in [0.25, 0.3) is 0 Å². The lowest BCUT2D eigenvalue weighted by molar-refractivity contribution is -0.140. The smallest absolute Gasteiger partial charge is 0.264 e. The van der Waals surface area contributed by atoms with Gasteiger partial charge in [0.1, 0.15) is 12.6 Å². The molecule has 9 heteroatoms. The molecule has 0 spiro atoms. The molecule has 0 heterocycles. The molecule has 1 atom stereocenters. The van der Waals surface area contributed by atoms with Crippen molar-refractivity contribution in [3.63, 3.8) is 0 Å². The van der Waals surface area contributed by atoms with E-state index in [0.717, 1.165) is 52.2 Å². The van der Waals surface area contributed by atoms with Crippen molar-refractivity contribution in [1.82, 2.24) is 10.2 Å². The number of hydrogen-bond acceptors (Lipinski definition) is 4. The first kappa shape index (κ1) is 34.2. The molecule has 246 valence electrons. The van der Waals surface area contributed by atoms with Crippen LogP contribution in [0.1, 0.15) is 53.5 Å². The Hall–Kier alpha value is -4.14. The van der Waals surface area contributed by atoms with Gasteiger partial charge in [-0.2, -0.15) is 0 Å². The van der Waals surface area contributed by atoms with Crippen LogP contribution in [0.3, 0.4) is 0 Å². The lowest BCUT2D eigenvalue weighted by atomic mass is 10.0. The van der Waals surface area contributed by atoms with Crippen molar-refractivity contribution in [2.75, 3.05) is 10.8 Å². The minimum atomic E-state index is -4.22. The zero-order chi connectivity index (χ0) is 33.6. The fraction of sp³-hybridized carbons (Fsp3) is 0.316. The SMILES string of the molecule is Cc1ccc(S(=O)(=O)N(CC(=O)N(Cc2ccccc2C)C(Cc2ccccc2)C(=O)NC2CCCC2)c2cccc(Cl)c2C)cc1. The van der Waals surface area contributed by atoms with E-state index < -0.39 is 28.5 Å². The van der Waals surface area contributed by atoms with Crippen molar-refractivity contribution in [1.29, 1.82) is 0 Å². The first-order valence-corrected chi connectivity index (χ1v) is 17.9. The second-order valence-corrected chi connectivity index (χ2v) is 14.6. The first-order chi connectivity index (χ1) is 22.5. The number of aryl methyl sites for hydroxylation is 2. The molecule has 0 radical (unpaired) electrons. The second-order valence-electron chi connectivity index (χ2n) is 12.4. The average Bonchev–Trinajstić information content (AvgIpc) is 3.57. The number of sulfonamides is 1. The zero-order valence-electron chi connectivity index (χ0n) is 27.2. The molecule has 47 heavy (non-hydrogen) atoms. The molecule has 0 saturated heterocycles. The predicted octanol–water partition coefficient (Wildman–Crippen LogP) is 7.16. The summed E-state index contributed by atoms with van der Waals surface area (Å²) in [6.07, 6.45) is 4.16. The van der Waals surface area contributed by atoms with E-state index in [-0.39, 0.29) is 29.8 Å². The molecule has 1 aliphatic rings. The summed E-state index contributed by atoms with van der Waals surface area (Å²) < 4.78 is 29.8. The Morgan fingerprint density at radius 3 is 2.19 bits per heavy atom. The van der Waals surface area contributed by atoms with Gasteiger partial charge in [0.25, 0.3) is 10.0 Å². The molecule has 4 aromatic carbocycles. The number of benzene rings is 4. The van der Waals surface area contributed by atoms with Crippen LogP contribution >= 0.6 is 11.6 Å². The highest BCUT2D eigenvalue weighted by Gasteiger charge is 2.36. The highest BCUT2D eigenvalue weighted by molar-refractivity contribution is 7.92. The van der Waals surface area contributed by atoms with Crippen molar-refractivity contribution in [2.45, 2.75) is 76.4 Å². The standard InChI is InChI=1S/C38H42ClN3O4S/c1-27-20-22-33(23-21-27)47(45,46)42(35-19-11-18-34(39)29(35)3)26-37(43)41(25-31-15-8-7-12-28(31)2)36(24-30-13-5-4-6-14-30)38(44)40-32-16-9-10-17-32/h4-8,11-15,18-23,32,36H,9-10,16-17,24-26H2,1-3H3,(H,40,44). The molecular formula is C38H42ClN3O4S. The maximum Gasteiger partial charge on any atom is 0.264 e. The van der Waals surface area contributed by atoms with Crippen molar-refractivity contribution in [2.24, 2.45) is 0 Å². The van der Waals surface area contributed by atoms with Crippen molar-refractivity contribution in [3.8, 4) is 0 Å². The largest absolute Gasteiger partial charge is 0.352 e. The summed E-state index contributed by atoms with van der Waals surface area (Å²) in [5.74, 6) is -0.736. The number of rotatable bonds is 12. The van der Waals surface area contributed by atoms with Gasteiger partial charge in [-0.3, -0.25) is 13.9 Å². The Balaban J connectivity index is 1.60. The number of carbonyl (C=O) groups excluding carboxylic acids is 2. The molecule has 1 aliphatic carbocycles. The molecule has 0 aromatic heterocycles. The van der Waals surface area contributed by atoms with Crippen LogP contribution in [0.4, 0.5) is 5.69 Å². The van der Waals surface area contributed by atoms with Gasteiger partial charge in [0.2, 0.25) is 11.8 Å². The fourth-order valence-electron chi connectivity index (χ4n) is 6.11. The van der Waals surface area contributed by atoms with Gasteiger partial charge >= 0.3 is 0 Å². The van der Waals surface area contributed by atoms with Gasteiger partial charge in [0.05, 0.1) is 10.6 Å². The van der Waals surface area contributed by atoms with Crippen molar-refractivity contribution in [3.05, 3.63) is 130 Å². The summed E-state index contributed by atoms with van der Waals surface area (Å²) >= 11 is 6.49. The molecule has 1 unspecified atom stereocenters. The van der Waals surface area contributed by atoms with Gasteiger partial charge in [-0.25, -0.2) is 8.42 Å². The second kappa shape index (κ2) is 15.2. The van der Waals surface area contributed by atoms with Gasteiger partial charge in [-0.1, -0.05) is 103 Å². The third kappa shape index (κ3) is 8.24. The summed E-state index contributed by atoms with van der Waals surface area (Å²) in [5.41, 5.74) is 4.48. The lowest BCUT2D eigenvalue weighted by Crippen LogP contribution is -2.54. The Morgan fingerprint density at radius 1 is 0.851 bits per heavy atom. The highest BCUT2D eigenvalue weighted by Crippen LogP contribution is 2.32. The molecule has 0 aliphatic heterocycles. The van der Waals surface area contributed by atoms with E-state index in [1.165, 1.54) is 0 Å². The first-order valence-electron chi connectivity index (χ1n) is 16.1.